The van der Waals surface area contributed by atoms with Crippen LogP contribution >= 0.6 is 0 Å². The highest BCUT2D eigenvalue weighted by Crippen LogP contribution is 2.25. The monoisotopic (exact) mass is 243 g/mol. The Balaban J connectivity index is 2.14. The number of rotatable bonds is 4. The number of aromatic nitrogens is 1. The molecule has 0 bridgehead atoms. The van der Waals surface area contributed by atoms with E-state index in [2.05, 4.69) is 4.98 Å². The lowest BCUT2D eigenvalue weighted by Crippen LogP contribution is -1.95. The first kappa shape index (κ1) is 12.6. The number of benzene rings is 1. The zero-order chi connectivity index (χ0) is 13.0. The van der Waals surface area contributed by atoms with Crippen LogP contribution in [0.2, 0.25) is 0 Å². The van der Waals surface area contributed by atoms with Gasteiger partial charge >= 0.3 is 0 Å². The summed E-state index contributed by atoms with van der Waals surface area (Å²) in [6.07, 6.45) is 2.05. The first-order valence-electron chi connectivity index (χ1n) is 6.08. The van der Waals surface area contributed by atoms with Crippen molar-refractivity contribution < 1.29 is 9.84 Å². The first-order chi connectivity index (χ1) is 8.70. The number of hydrogen-bond donors (Lipinski definition) is 1. The maximum Gasteiger partial charge on any atom is 0.148 e. The average molecular weight is 243 g/mol. The molecule has 2 aromatic rings. The lowest BCUT2D eigenvalue weighted by atomic mass is 10.1. The SMILES string of the molecule is CC[C@H](O)c1ccc(Oc2cccnc2C)cc1. The number of aliphatic hydroxyl groups is 1. The van der Waals surface area contributed by atoms with Gasteiger partial charge in [0.2, 0.25) is 0 Å². The smallest absolute Gasteiger partial charge is 0.148 e. The molecule has 3 nitrogen and oxygen atoms in total. The van der Waals surface area contributed by atoms with Gasteiger partial charge in [0, 0.05) is 6.20 Å². The van der Waals surface area contributed by atoms with E-state index < -0.39 is 6.10 Å². The number of nitrogens with zero attached hydrogens (tertiary/aromatic N) is 1. The van der Waals surface area contributed by atoms with E-state index in [1.807, 2.05) is 50.2 Å². The lowest BCUT2D eigenvalue weighted by Gasteiger charge is -2.10. The number of hydrogen-bond acceptors (Lipinski definition) is 3. The molecule has 0 unspecified atom stereocenters. The molecule has 0 spiro atoms. The van der Waals surface area contributed by atoms with Gasteiger partial charge in [-0.25, -0.2) is 0 Å². The van der Waals surface area contributed by atoms with E-state index in [1.54, 1.807) is 6.20 Å². The van der Waals surface area contributed by atoms with Crippen molar-refractivity contribution in [3.63, 3.8) is 0 Å². The molecule has 1 N–H and O–H groups in total. The standard InChI is InChI=1S/C15H17NO2/c1-3-14(17)12-6-8-13(9-7-12)18-15-5-4-10-16-11(15)2/h4-10,14,17H,3H2,1-2H3/t14-/m0/s1. The van der Waals surface area contributed by atoms with E-state index in [9.17, 15) is 5.11 Å². The molecule has 0 radical (unpaired) electrons. The van der Waals surface area contributed by atoms with E-state index in [0.29, 0.717) is 6.42 Å². The van der Waals surface area contributed by atoms with Crippen LogP contribution in [-0.2, 0) is 0 Å². The van der Waals surface area contributed by atoms with Gasteiger partial charge in [0.15, 0.2) is 0 Å². The molecule has 0 saturated heterocycles. The molecule has 1 heterocycles. The van der Waals surface area contributed by atoms with Gasteiger partial charge in [-0.15, -0.1) is 0 Å². The van der Waals surface area contributed by atoms with Crippen molar-refractivity contribution in [2.75, 3.05) is 0 Å². The molecule has 1 atom stereocenters. The van der Waals surface area contributed by atoms with Gasteiger partial charge in [0.1, 0.15) is 11.5 Å². The molecule has 3 heteroatoms. The van der Waals surface area contributed by atoms with Crippen LogP contribution in [0.5, 0.6) is 11.5 Å². The predicted octanol–water partition coefficient (Wildman–Crippen LogP) is 3.63. The second-order valence-corrected chi connectivity index (χ2v) is 4.18. The van der Waals surface area contributed by atoms with Crippen LogP contribution in [0, 0.1) is 6.92 Å². The van der Waals surface area contributed by atoms with Gasteiger partial charge in [-0.1, -0.05) is 19.1 Å². The van der Waals surface area contributed by atoms with Crippen LogP contribution in [0.25, 0.3) is 0 Å². The molecule has 18 heavy (non-hydrogen) atoms. The van der Waals surface area contributed by atoms with E-state index >= 15 is 0 Å². The normalized spacial score (nSPS) is 12.2. The van der Waals surface area contributed by atoms with Crippen LogP contribution in [-0.4, -0.2) is 10.1 Å². The fourth-order valence-electron chi connectivity index (χ4n) is 1.70. The summed E-state index contributed by atoms with van der Waals surface area (Å²) in [7, 11) is 0. The minimum absolute atomic E-state index is 0.404. The molecule has 0 aliphatic rings. The minimum atomic E-state index is -0.404. The highest BCUT2D eigenvalue weighted by atomic mass is 16.5. The summed E-state index contributed by atoms with van der Waals surface area (Å²) in [6.45, 7) is 3.86. The van der Waals surface area contributed by atoms with Gasteiger partial charge in [0.25, 0.3) is 0 Å². The van der Waals surface area contributed by atoms with E-state index in [0.717, 1.165) is 22.8 Å². The van der Waals surface area contributed by atoms with Gasteiger partial charge in [-0.2, -0.15) is 0 Å². The molecule has 94 valence electrons. The van der Waals surface area contributed by atoms with E-state index in [-0.39, 0.29) is 0 Å². The Morgan fingerprint density at radius 1 is 1.22 bits per heavy atom. The van der Waals surface area contributed by atoms with Gasteiger partial charge < -0.3 is 9.84 Å². The molecule has 0 saturated carbocycles. The molecule has 2 rings (SSSR count). The average Bonchev–Trinajstić information content (AvgIpc) is 2.41. The summed E-state index contributed by atoms with van der Waals surface area (Å²) < 4.78 is 5.73. The fraction of sp³-hybridized carbons (Fsp3) is 0.267. The summed E-state index contributed by atoms with van der Waals surface area (Å²) in [5.74, 6) is 1.50. The van der Waals surface area contributed by atoms with Crippen molar-refractivity contribution in [2.24, 2.45) is 0 Å². The molecule has 1 aromatic carbocycles. The van der Waals surface area contributed by atoms with Crippen molar-refractivity contribution in [2.45, 2.75) is 26.4 Å². The zero-order valence-electron chi connectivity index (χ0n) is 10.6. The number of aryl methyl sites for hydroxylation is 1. The second kappa shape index (κ2) is 5.65. The quantitative estimate of drug-likeness (QED) is 0.891. The van der Waals surface area contributed by atoms with Crippen LogP contribution in [0.1, 0.15) is 30.7 Å². The van der Waals surface area contributed by atoms with Crippen LogP contribution in [0.4, 0.5) is 0 Å². The van der Waals surface area contributed by atoms with Crippen LogP contribution < -0.4 is 4.74 Å². The van der Waals surface area contributed by atoms with Crippen molar-refractivity contribution in [3.8, 4) is 11.5 Å². The Bertz CT molecular complexity index is 508. The zero-order valence-corrected chi connectivity index (χ0v) is 10.6. The highest BCUT2D eigenvalue weighted by Gasteiger charge is 2.05. The summed E-state index contributed by atoms with van der Waals surface area (Å²) in [4.78, 5) is 4.17. The molecular formula is C15H17NO2. The number of ether oxygens (including phenoxy) is 1. The fourth-order valence-corrected chi connectivity index (χ4v) is 1.70. The Morgan fingerprint density at radius 2 is 1.94 bits per heavy atom. The van der Waals surface area contributed by atoms with Crippen molar-refractivity contribution in [1.82, 2.24) is 4.98 Å². The maximum absolute atomic E-state index is 9.70. The lowest BCUT2D eigenvalue weighted by molar-refractivity contribution is 0.173. The van der Waals surface area contributed by atoms with Gasteiger partial charge in [-0.3, -0.25) is 4.98 Å². The molecule has 0 aliphatic carbocycles. The Kier molecular flexibility index (Phi) is 3.95. The number of pyridine rings is 1. The van der Waals surface area contributed by atoms with E-state index in [1.165, 1.54) is 0 Å². The topological polar surface area (TPSA) is 42.4 Å². The molecular weight excluding hydrogens is 226 g/mol. The van der Waals surface area contributed by atoms with Gasteiger partial charge in [0.05, 0.1) is 11.8 Å². The highest BCUT2D eigenvalue weighted by molar-refractivity contribution is 5.35. The predicted molar refractivity (Wildman–Crippen MR) is 70.7 cm³/mol. The van der Waals surface area contributed by atoms with Crippen LogP contribution in [0.3, 0.4) is 0 Å². The molecule has 0 fully saturated rings. The summed E-state index contributed by atoms with van der Waals surface area (Å²) in [5.41, 5.74) is 1.77. The van der Waals surface area contributed by atoms with Crippen molar-refractivity contribution in [3.05, 3.63) is 53.9 Å². The second-order valence-electron chi connectivity index (χ2n) is 4.18. The maximum atomic E-state index is 9.70. The minimum Gasteiger partial charge on any atom is -0.455 e. The third-order valence-electron chi connectivity index (χ3n) is 2.84. The molecule has 0 amide bonds. The van der Waals surface area contributed by atoms with Crippen LogP contribution in [0.15, 0.2) is 42.6 Å². The Labute approximate surface area is 107 Å². The summed E-state index contributed by atoms with van der Waals surface area (Å²) in [5, 5.41) is 9.70. The third-order valence-corrected chi connectivity index (χ3v) is 2.84. The largest absolute Gasteiger partial charge is 0.455 e. The number of aliphatic hydroxyl groups excluding tert-OH is 1. The van der Waals surface area contributed by atoms with Gasteiger partial charge in [-0.05, 0) is 43.2 Å². The summed E-state index contributed by atoms with van der Waals surface area (Å²) in [6, 6.07) is 11.2. The van der Waals surface area contributed by atoms with Crippen molar-refractivity contribution >= 4 is 0 Å². The van der Waals surface area contributed by atoms with E-state index in [4.69, 9.17) is 4.74 Å². The molecule has 0 aliphatic heterocycles. The Morgan fingerprint density at radius 3 is 2.56 bits per heavy atom. The Hall–Kier alpha value is -1.87. The van der Waals surface area contributed by atoms with Crippen molar-refractivity contribution in [1.29, 1.82) is 0 Å². The molecule has 1 aromatic heterocycles. The summed E-state index contributed by atoms with van der Waals surface area (Å²) >= 11 is 0. The first-order valence-corrected chi connectivity index (χ1v) is 6.08. The third kappa shape index (κ3) is 2.87.